The summed E-state index contributed by atoms with van der Waals surface area (Å²) in [5.41, 5.74) is 2.39. The minimum absolute atomic E-state index is 0.107. The van der Waals surface area contributed by atoms with Crippen LogP contribution in [-0.2, 0) is 0 Å². The third-order valence-corrected chi connectivity index (χ3v) is 4.09. The Labute approximate surface area is 118 Å². The van der Waals surface area contributed by atoms with Gasteiger partial charge in [0, 0.05) is 22.5 Å². The van der Waals surface area contributed by atoms with E-state index in [0.29, 0.717) is 6.04 Å². The fourth-order valence-corrected chi connectivity index (χ4v) is 3.14. The molecule has 0 radical (unpaired) electrons. The fourth-order valence-electron chi connectivity index (χ4n) is 2.55. The fraction of sp³-hybridized carbons (Fsp3) is 0.600. The predicted molar refractivity (Wildman–Crippen MR) is 79.2 cm³/mol. The molecule has 3 heteroatoms. The number of nitrogens with one attached hydrogen (secondary N) is 1. The Bertz CT molecular complexity index is 442. The Morgan fingerprint density at radius 3 is 2.83 bits per heavy atom. The van der Waals surface area contributed by atoms with Crippen molar-refractivity contribution >= 4 is 15.9 Å². The van der Waals surface area contributed by atoms with E-state index in [1.54, 1.807) is 0 Å². The lowest BCUT2D eigenvalue weighted by Crippen LogP contribution is -2.40. The molecule has 1 aromatic carbocycles. The second-order valence-electron chi connectivity index (χ2n) is 5.68. The van der Waals surface area contributed by atoms with Gasteiger partial charge in [-0.25, -0.2) is 0 Å². The number of benzene rings is 1. The topological polar surface area (TPSA) is 21.3 Å². The third kappa shape index (κ3) is 2.72. The third-order valence-electron chi connectivity index (χ3n) is 3.40. The number of hydrogen-bond acceptors (Lipinski definition) is 2. The van der Waals surface area contributed by atoms with Crippen molar-refractivity contribution in [3.63, 3.8) is 0 Å². The summed E-state index contributed by atoms with van der Waals surface area (Å²) < 4.78 is 7.32. The van der Waals surface area contributed by atoms with E-state index in [4.69, 9.17) is 4.74 Å². The SMILES string of the molecule is CCCNC1CC(C)(C)Oc2c(C)ccc(Br)c21. The summed E-state index contributed by atoms with van der Waals surface area (Å²) in [6, 6.07) is 4.61. The lowest BCUT2D eigenvalue weighted by molar-refractivity contribution is 0.0649. The first-order valence-electron chi connectivity index (χ1n) is 6.66. The summed E-state index contributed by atoms with van der Waals surface area (Å²) in [5, 5.41) is 3.64. The zero-order chi connectivity index (χ0) is 13.3. The lowest BCUT2D eigenvalue weighted by atomic mass is 9.88. The number of hydrogen-bond donors (Lipinski definition) is 1. The molecule has 1 aliphatic rings. The van der Waals surface area contributed by atoms with Gasteiger partial charge in [-0.1, -0.05) is 28.9 Å². The molecule has 100 valence electrons. The van der Waals surface area contributed by atoms with Gasteiger partial charge < -0.3 is 10.1 Å². The highest BCUT2D eigenvalue weighted by Gasteiger charge is 2.35. The van der Waals surface area contributed by atoms with E-state index in [2.05, 4.69) is 61.1 Å². The summed E-state index contributed by atoms with van der Waals surface area (Å²) in [7, 11) is 0. The number of fused-ring (bicyclic) bond motifs is 1. The van der Waals surface area contributed by atoms with E-state index in [1.165, 1.54) is 11.1 Å². The molecular weight excluding hydrogens is 290 g/mol. The number of ether oxygens (including phenoxy) is 1. The van der Waals surface area contributed by atoms with Crippen LogP contribution < -0.4 is 10.1 Å². The Hall–Kier alpha value is -0.540. The quantitative estimate of drug-likeness (QED) is 0.895. The van der Waals surface area contributed by atoms with Gasteiger partial charge in [-0.2, -0.15) is 0 Å². The Kier molecular flexibility index (Phi) is 4.02. The molecule has 0 aliphatic carbocycles. The molecule has 1 unspecified atom stereocenters. The molecule has 0 saturated heterocycles. The van der Waals surface area contributed by atoms with Crippen molar-refractivity contribution in [3.05, 3.63) is 27.7 Å². The summed E-state index contributed by atoms with van der Waals surface area (Å²) in [4.78, 5) is 0. The molecule has 1 aliphatic heterocycles. The first kappa shape index (κ1) is 13.9. The zero-order valence-corrected chi connectivity index (χ0v) is 13.2. The standard InChI is InChI=1S/C15H22BrNO/c1-5-8-17-12-9-15(3,4)18-14-10(2)6-7-11(16)13(12)14/h6-7,12,17H,5,8-9H2,1-4H3. The molecule has 1 aromatic rings. The molecule has 0 amide bonds. The van der Waals surface area contributed by atoms with Crippen LogP contribution in [0.5, 0.6) is 5.75 Å². The van der Waals surface area contributed by atoms with Gasteiger partial charge in [0.25, 0.3) is 0 Å². The zero-order valence-electron chi connectivity index (χ0n) is 11.6. The van der Waals surface area contributed by atoms with Gasteiger partial charge in [0.2, 0.25) is 0 Å². The smallest absolute Gasteiger partial charge is 0.128 e. The van der Waals surface area contributed by atoms with Crippen molar-refractivity contribution in [3.8, 4) is 5.75 Å². The maximum Gasteiger partial charge on any atom is 0.128 e. The minimum Gasteiger partial charge on any atom is -0.487 e. The maximum atomic E-state index is 6.17. The molecule has 0 bridgehead atoms. The van der Waals surface area contributed by atoms with Gasteiger partial charge in [-0.3, -0.25) is 0 Å². The normalized spacial score (nSPS) is 21.3. The number of rotatable bonds is 3. The van der Waals surface area contributed by atoms with Crippen molar-refractivity contribution in [2.24, 2.45) is 0 Å². The molecule has 0 aromatic heterocycles. The summed E-state index contributed by atoms with van der Waals surface area (Å²) in [6.07, 6.45) is 2.15. The van der Waals surface area contributed by atoms with Gasteiger partial charge in [0.15, 0.2) is 0 Å². The second-order valence-corrected chi connectivity index (χ2v) is 6.53. The van der Waals surface area contributed by atoms with Gasteiger partial charge in [-0.05, 0) is 45.4 Å². The number of aryl methyl sites for hydroxylation is 1. The van der Waals surface area contributed by atoms with E-state index in [0.717, 1.165) is 29.6 Å². The summed E-state index contributed by atoms with van der Waals surface area (Å²) in [5.74, 6) is 1.05. The largest absolute Gasteiger partial charge is 0.487 e. The highest BCUT2D eigenvalue weighted by atomic mass is 79.9. The van der Waals surface area contributed by atoms with E-state index in [9.17, 15) is 0 Å². The average Bonchev–Trinajstić information content (AvgIpc) is 2.29. The van der Waals surface area contributed by atoms with Crippen LogP contribution in [0.25, 0.3) is 0 Å². The first-order valence-corrected chi connectivity index (χ1v) is 7.45. The molecular formula is C15H22BrNO. The van der Waals surface area contributed by atoms with E-state index < -0.39 is 0 Å². The van der Waals surface area contributed by atoms with Gasteiger partial charge in [0.05, 0.1) is 0 Å². The van der Waals surface area contributed by atoms with Crippen molar-refractivity contribution in [2.45, 2.75) is 52.2 Å². The molecule has 0 spiro atoms. The van der Waals surface area contributed by atoms with Crippen LogP contribution in [0.3, 0.4) is 0 Å². The van der Waals surface area contributed by atoms with E-state index in [-0.39, 0.29) is 5.60 Å². The van der Waals surface area contributed by atoms with E-state index >= 15 is 0 Å². The van der Waals surface area contributed by atoms with Gasteiger partial charge >= 0.3 is 0 Å². The highest BCUT2D eigenvalue weighted by Crippen LogP contribution is 2.44. The molecule has 0 fully saturated rings. The Morgan fingerprint density at radius 2 is 2.17 bits per heavy atom. The Balaban J connectivity index is 2.43. The van der Waals surface area contributed by atoms with Crippen LogP contribution in [0.4, 0.5) is 0 Å². The van der Waals surface area contributed by atoms with Crippen LogP contribution in [0, 0.1) is 6.92 Å². The van der Waals surface area contributed by atoms with Crippen LogP contribution in [0.15, 0.2) is 16.6 Å². The average molecular weight is 312 g/mol. The monoisotopic (exact) mass is 311 g/mol. The molecule has 2 rings (SSSR count). The maximum absolute atomic E-state index is 6.17. The summed E-state index contributed by atoms with van der Waals surface area (Å²) in [6.45, 7) is 9.68. The second kappa shape index (κ2) is 5.22. The molecule has 18 heavy (non-hydrogen) atoms. The lowest BCUT2D eigenvalue weighted by Gasteiger charge is -2.39. The van der Waals surface area contributed by atoms with Crippen LogP contribution in [0.1, 0.15) is 50.8 Å². The van der Waals surface area contributed by atoms with Crippen LogP contribution >= 0.6 is 15.9 Å². The summed E-state index contributed by atoms with van der Waals surface area (Å²) >= 11 is 3.67. The molecule has 1 atom stereocenters. The van der Waals surface area contributed by atoms with Crippen LogP contribution in [0.2, 0.25) is 0 Å². The number of halogens is 1. The molecule has 1 N–H and O–H groups in total. The van der Waals surface area contributed by atoms with E-state index in [1.807, 2.05) is 0 Å². The molecule has 0 saturated carbocycles. The highest BCUT2D eigenvalue weighted by molar-refractivity contribution is 9.10. The predicted octanol–water partition coefficient (Wildman–Crippen LogP) is 4.36. The van der Waals surface area contributed by atoms with Crippen molar-refractivity contribution in [1.29, 1.82) is 0 Å². The van der Waals surface area contributed by atoms with Gasteiger partial charge in [0.1, 0.15) is 11.4 Å². The first-order chi connectivity index (χ1) is 8.44. The van der Waals surface area contributed by atoms with Crippen molar-refractivity contribution in [1.82, 2.24) is 5.32 Å². The minimum atomic E-state index is -0.107. The van der Waals surface area contributed by atoms with Crippen molar-refractivity contribution < 1.29 is 4.74 Å². The van der Waals surface area contributed by atoms with Crippen LogP contribution in [-0.4, -0.2) is 12.1 Å². The Morgan fingerprint density at radius 1 is 1.44 bits per heavy atom. The van der Waals surface area contributed by atoms with Gasteiger partial charge in [-0.15, -0.1) is 0 Å². The molecule has 1 heterocycles. The molecule has 2 nitrogen and oxygen atoms in total. The van der Waals surface area contributed by atoms with Crippen molar-refractivity contribution in [2.75, 3.05) is 6.54 Å².